The first-order valence-corrected chi connectivity index (χ1v) is 3.90. The fourth-order valence-corrected chi connectivity index (χ4v) is 1.26. The summed E-state index contributed by atoms with van der Waals surface area (Å²) < 4.78 is 13.6. The Morgan fingerprint density at radius 1 is 1.50 bits per heavy atom. The zero-order chi connectivity index (χ0) is 9.14. The molecule has 1 rings (SSSR count). The Labute approximate surface area is 70.8 Å². The number of alkyl halides is 1. The Kier molecular flexibility index (Phi) is 2.81. The lowest BCUT2D eigenvalue weighted by Crippen LogP contribution is -2.04. The number of halogens is 1. The first-order valence-electron chi connectivity index (χ1n) is 3.90. The highest BCUT2D eigenvalue weighted by Gasteiger charge is 2.09. The van der Waals surface area contributed by atoms with E-state index >= 15 is 0 Å². The molecule has 4 heteroatoms. The van der Waals surface area contributed by atoms with Crippen LogP contribution in [0.1, 0.15) is 17.0 Å². The molecule has 0 amide bonds. The molecular weight excluding hydrogens is 159 g/mol. The Hall–Kier alpha value is -0.900. The summed E-state index contributed by atoms with van der Waals surface area (Å²) in [5, 5.41) is 13.0. The number of nitrogens with zero attached hydrogens (tertiary/aromatic N) is 2. The van der Waals surface area contributed by atoms with E-state index in [0.717, 1.165) is 17.0 Å². The summed E-state index contributed by atoms with van der Waals surface area (Å²) >= 11 is 0. The van der Waals surface area contributed by atoms with Crippen molar-refractivity contribution in [2.45, 2.75) is 27.0 Å². The molecule has 0 bridgehead atoms. The van der Waals surface area contributed by atoms with Crippen molar-refractivity contribution in [1.82, 2.24) is 9.78 Å². The number of hydrogen-bond acceptors (Lipinski definition) is 2. The largest absolute Gasteiger partial charge is 0.392 e. The third kappa shape index (κ3) is 1.48. The van der Waals surface area contributed by atoms with Gasteiger partial charge < -0.3 is 5.11 Å². The van der Waals surface area contributed by atoms with Gasteiger partial charge in [-0.25, -0.2) is 4.39 Å². The predicted molar refractivity (Wildman–Crippen MR) is 43.6 cm³/mol. The molecule has 0 aromatic carbocycles. The lowest BCUT2D eigenvalue weighted by atomic mass is 10.2. The van der Waals surface area contributed by atoms with Crippen LogP contribution in [-0.4, -0.2) is 21.6 Å². The summed E-state index contributed by atoms with van der Waals surface area (Å²) in [6.07, 6.45) is 0. The van der Waals surface area contributed by atoms with Crippen molar-refractivity contribution in [1.29, 1.82) is 0 Å². The molecule has 0 saturated carbocycles. The molecule has 0 unspecified atom stereocenters. The standard InChI is InChI=1S/C8H13FN2O/c1-6-8(5-12)7(2)11(10-6)4-3-9/h12H,3-5H2,1-2H3. The predicted octanol–water partition coefficient (Wildman–Crippen LogP) is 0.962. The van der Waals surface area contributed by atoms with Gasteiger partial charge in [0.25, 0.3) is 0 Å². The Morgan fingerprint density at radius 3 is 2.58 bits per heavy atom. The van der Waals surface area contributed by atoms with Gasteiger partial charge in [0.05, 0.1) is 18.8 Å². The monoisotopic (exact) mass is 172 g/mol. The summed E-state index contributed by atoms with van der Waals surface area (Å²) in [5.74, 6) is 0. The van der Waals surface area contributed by atoms with Gasteiger partial charge in [-0.3, -0.25) is 4.68 Å². The van der Waals surface area contributed by atoms with Gasteiger partial charge in [-0.15, -0.1) is 0 Å². The highest BCUT2D eigenvalue weighted by Crippen LogP contribution is 2.12. The molecule has 0 aliphatic heterocycles. The van der Waals surface area contributed by atoms with Gasteiger partial charge in [-0.05, 0) is 13.8 Å². The number of aryl methyl sites for hydroxylation is 2. The smallest absolute Gasteiger partial charge is 0.109 e. The Bertz CT molecular complexity index is 270. The molecule has 1 aromatic heterocycles. The van der Waals surface area contributed by atoms with Crippen LogP contribution >= 0.6 is 0 Å². The summed E-state index contributed by atoms with van der Waals surface area (Å²) in [6, 6.07) is 0. The maximum Gasteiger partial charge on any atom is 0.109 e. The van der Waals surface area contributed by atoms with E-state index in [9.17, 15) is 4.39 Å². The maximum absolute atomic E-state index is 12.0. The van der Waals surface area contributed by atoms with Crippen LogP contribution in [-0.2, 0) is 13.2 Å². The fourth-order valence-electron chi connectivity index (χ4n) is 1.26. The van der Waals surface area contributed by atoms with E-state index in [1.165, 1.54) is 0 Å². The van der Waals surface area contributed by atoms with Crippen molar-refractivity contribution in [3.8, 4) is 0 Å². The van der Waals surface area contributed by atoms with Crippen molar-refractivity contribution in [2.75, 3.05) is 6.67 Å². The molecule has 0 aliphatic rings. The van der Waals surface area contributed by atoms with E-state index in [0.29, 0.717) is 0 Å². The second-order valence-electron chi connectivity index (χ2n) is 2.72. The summed E-state index contributed by atoms with van der Waals surface area (Å²) in [7, 11) is 0. The molecule has 0 spiro atoms. The van der Waals surface area contributed by atoms with E-state index in [2.05, 4.69) is 5.10 Å². The molecule has 1 heterocycles. The molecular formula is C8H13FN2O. The van der Waals surface area contributed by atoms with Crippen LogP contribution in [0.2, 0.25) is 0 Å². The fraction of sp³-hybridized carbons (Fsp3) is 0.625. The molecule has 1 N–H and O–H groups in total. The van der Waals surface area contributed by atoms with Crippen molar-refractivity contribution >= 4 is 0 Å². The SMILES string of the molecule is Cc1nn(CCF)c(C)c1CO. The summed E-state index contributed by atoms with van der Waals surface area (Å²) in [6.45, 7) is 3.47. The number of aliphatic hydroxyl groups is 1. The van der Waals surface area contributed by atoms with Gasteiger partial charge in [0, 0.05) is 11.3 Å². The number of aromatic nitrogens is 2. The van der Waals surface area contributed by atoms with Gasteiger partial charge in [0.1, 0.15) is 6.67 Å². The van der Waals surface area contributed by atoms with Crippen LogP contribution in [0, 0.1) is 13.8 Å². The van der Waals surface area contributed by atoms with E-state index < -0.39 is 6.67 Å². The minimum Gasteiger partial charge on any atom is -0.392 e. The van der Waals surface area contributed by atoms with Crippen molar-refractivity contribution in [3.63, 3.8) is 0 Å². The molecule has 68 valence electrons. The number of rotatable bonds is 3. The zero-order valence-corrected chi connectivity index (χ0v) is 7.34. The quantitative estimate of drug-likeness (QED) is 0.737. The minimum absolute atomic E-state index is 0.0239. The Morgan fingerprint density at radius 2 is 2.17 bits per heavy atom. The van der Waals surface area contributed by atoms with Gasteiger partial charge >= 0.3 is 0 Å². The van der Waals surface area contributed by atoms with Crippen LogP contribution in [0.3, 0.4) is 0 Å². The molecule has 3 nitrogen and oxygen atoms in total. The first kappa shape index (κ1) is 9.19. The second kappa shape index (κ2) is 3.67. The lowest BCUT2D eigenvalue weighted by molar-refractivity contribution is 0.280. The topological polar surface area (TPSA) is 38.0 Å². The molecule has 0 aliphatic carbocycles. The summed E-state index contributed by atoms with van der Waals surface area (Å²) in [5.41, 5.74) is 2.44. The van der Waals surface area contributed by atoms with Crippen LogP contribution < -0.4 is 0 Å². The molecule has 0 atom stereocenters. The van der Waals surface area contributed by atoms with Crippen LogP contribution in [0.25, 0.3) is 0 Å². The molecule has 0 radical (unpaired) electrons. The normalized spacial score (nSPS) is 10.7. The Balaban J connectivity index is 3.00. The van der Waals surface area contributed by atoms with Crippen LogP contribution in [0.15, 0.2) is 0 Å². The van der Waals surface area contributed by atoms with Crippen molar-refractivity contribution < 1.29 is 9.50 Å². The van der Waals surface area contributed by atoms with Crippen LogP contribution in [0.4, 0.5) is 4.39 Å². The van der Waals surface area contributed by atoms with Gasteiger partial charge in [0.2, 0.25) is 0 Å². The lowest BCUT2D eigenvalue weighted by Gasteiger charge is -1.99. The second-order valence-corrected chi connectivity index (χ2v) is 2.72. The molecule has 0 fully saturated rings. The average Bonchev–Trinajstić information content (AvgIpc) is 2.29. The van der Waals surface area contributed by atoms with E-state index in [1.807, 2.05) is 13.8 Å². The highest BCUT2D eigenvalue weighted by molar-refractivity contribution is 5.23. The van der Waals surface area contributed by atoms with Crippen molar-refractivity contribution in [2.24, 2.45) is 0 Å². The number of hydrogen-bond donors (Lipinski definition) is 1. The highest BCUT2D eigenvalue weighted by atomic mass is 19.1. The maximum atomic E-state index is 12.0. The minimum atomic E-state index is -0.424. The van der Waals surface area contributed by atoms with Gasteiger partial charge in [-0.2, -0.15) is 5.10 Å². The molecule has 0 saturated heterocycles. The third-order valence-electron chi connectivity index (χ3n) is 1.99. The van der Waals surface area contributed by atoms with Crippen molar-refractivity contribution in [3.05, 3.63) is 17.0 Å². The van der Waals surface area contributed by atoms with E-state index in [-0.39, 0.29) is 13.2 Å². The van der Waals surface area contributed by atoms with Gasteiger partial charge in [0.15, 0.2) is 0 Å². The van der Waals surface area contributed by atoms with Crippen LogP contribution in [0.5, 0.6) is 0 Å². The third-order valence-corrected chi connectivity index (χ3v) is 1.99. The first-order chi connectivity index (χ1) is 5.70. The zero-order valence-electron chi connectivity index (χ0n) is 7.34. The van der Waals surface area contributed by atoms with E-state index in [4.69, 9.17) is 5.11 Å². The molecule has 1 aromatic rings. The van der Waals surface area contributed by atoms with E-state index in [1.54, 1.807) is 4.68 Å². The molecule has 12 heavy (non-hydrogen) atoms. The summed E-state index contributed by atoms with van der Waals surface area (Å²) in [4.78, 5) is 0. The average molecular weight is 172 g/mol. The number of aliphatic hydroxyl groups excluding tert-OH is 1. The van der Waals surface area contributed by atoms with Gasteiger partial charge in [-0.1, -0.05) is 0 Å².